The number of carboxylic acid groups (broad SMARTS) is 1. The number of carbonyl (C=O) groups is 3. The van der Waals surface area contributed by atoms with E-state index in [9.17, 15) is 19.5 Å². The summed E-state index contributed by atoms with van der Waals surface area (Å²) in [6.07, 6.45) is 4.98. The highest BCUT2D eigenvalue weighted by atomic mass is 35.5. The van der Waals surface area contributed by atoms with E-state index in [0.29, 0.717) is 11.7 Å². The van der Waals surface area contributed by atoms with E-state index in [1.165, 1.54) is 36.7 Å². The van der Waals surface area contributed by atoms with Crippen molar-refractivity contribution in [1.29, 1.82) is 0 Å². The number of amides is 2. The van der Waals surface area contributed by atoms with Crippen molar-refractivity contribution in [1.82, 2.24) is 15.3 Å². The fourth-order valence-corrected chi connectivity index (χ4v) is 3.67. The van der Waals surface area contributed by atoms with Crippen LogP contribution in [0.25, 0.3) is 0 Å². The van der Waals surface area contributed by atoms with Crippen molar-refractivity contribution in [3.05, 3.63) is 76.6 Å². The Morgan fingerprint density at radius 2 is 1.77 bits per heavy atom. The molecule has 1 saturated heterocycles. The minimum atomic E-state index is -1.19. The molecule has 4 rings (SSSR count). The molecule has 1 aliphatic rings. The maximum atomic E-state index is 12.9. The number of aromatic carboxylic acids is 1. The highest BCUT2D eigenvalue weighted by molar-refractivity contribution is 6.30. The number of rotatable bonds is 6. The highest BCUT2D eigenvalue weighted by Crippen LogP contribution is 2.22. The lowest BCUT2D eigenvalue weighted by molar-refractivity contribution is 0.0696. The number of nitrogens with one attached hydrogen (secondary N) is 3. The van der Waals surface area contributed by atoms with Crippen LogP contribution < -0.4 is 20.9 Å². The summed E-state index contributed by atoms with van der Waals surface area (Å²) in [7, 11) is 0. The SMILES string of the molecule is O=C(O)c1ccc(C(=O)Nc2ccc(Cl)cn2)c(NC(=O)c2ccc(N3CCCCNC3)nc2)c1. The van der Waals surface area contributed by atoms with Crippen molar-refractivity contribution in [2.45, 2.75) is 12.8 Å². The van der Waals surface area contributed by atoms with Crippen LogP contribution in [-0.4, -0.2) is 52.6 Å². The van der Waals surface area contributed by atoms with Crippen molar-refractivity contribution in [3.63, 3.8) is 0 Å². The zero-order valence-corrected chi connectivity index (χ0v) is 19.4. The van der Waals surface area contributed by atoms with Crippen LogP contribution in [0, 0.1) is 0 Å². The molecule has 1 aliphatic heterocycles. The van der Waals surface area contributed by atoms with Gasteiger partial charge in [0.1, 0.15) is 11.6 Å². The largest absolute Gasteiger partial charge is 0.478 e. The molecule has 2 aromatic heterocycles. The first-order chi connectivity index (χ1) is 16.9. The molecule has 1 aromatic carbocycles. The van der Waals surface area contributed by atoms with E-state index in [1.807, 2.05) is 0 Å². The molecule has 3 heterocycles. The van der Waals surface area contributed by atoms with E-state index in [1.54, 1.807) is 18.2 Å². The summed E-state index contributed by atoms with van der Waals surface area (Å²) in [5.74, 6) is -1.29. The van der Waals surface area contributed by atoms with E-state index in [2.05, 4.69) is 30.8 Å². The fourth-order valence-electron chi connectivity index (χ4n) is 3.56. The first-order valence-electron chi connectivity index (χ1n) is 10.9. The van der Waals surface area contributed by atoms with Crippen molar-refractivity contribution < 1.29 is 19.5 Å². The number of carboxylic acids is 1. The highest BCUT2D eigenvalue weighted by Gasteiger charge is 2.18. The van der Waals surface area contributed by atoms with Gasteiger partial charge in [-0.15, -0.1) is 0 Å². The minimum absolute atomic E-state index is 0.0437. The van der Waals surface area contributed by atoms with Crippen LogP contribution in [0.4, 0.5) is 17.3 Å². The molecule has 35 heavy (non-hydrogen) atoms. The van der Waals surface area contributed by atoms with Crippen molar-refractivity contribution in [2.75, 3.05) is 35.3 Å². The molecular weight excluding hydrogens is 472 g/mol. The summed E-state index contributed by atoms with van der Waals surface area (Å²) >= 11 is 5.82. The fraction of sp³-hybridized carbons (Fsp3) is 0.208. The van der Waals surface area contributed by atoms with E-state index >= 15 is 0 Å². The average Bonchev–Trinajstić information content (AvgIpc) is 3.15. The third kappa shape index (κ3) is 6.11. The molecule has 1 fully saturated rings. The normalized spacial score (nSPS) is 13.6. The number of benzene rings is 1. The Balaban J connectivity index is 1.54. The molecule has 0 aliphatic carbocycles. The van der Waals surface area contributed by atoms with Gasteiger partial charge in [0, 0.05) is 18.9 Å². The molecule has 0 bridgehead atoms. The van der Waals surface area contributed by atoms with Crippen LogP contribution in [0.5, 0.6) is 0 Å². The number of halogens is 1. The van der Waals surface area contributed by atoms with E-state index < -0.39 is 17.8 Å². The lowest BCUT2D eigenvalue weighted by Crippen LogP contribution is -2.32. The molecule has 0 spiro atoms. The minimum Gasteiger partial charge on any atom is -0.478 e. The van der Waals surface area contributed by atoms with E-state index in [0.717, 1.165) is 31.7 Å². The number of anilines is 3. The van der Waals surface area contributed by atoms with Crippen LogP contribution in [0.15, 0.2) is 54.9 Å². The van der Waals surface area contributed by atoms with Crippen LogP contribution in [0.2, 0.25) is 5.02 Å². The van der Waals surface area contributed by atoms with Gasteiger partial charge in [-0.05, 0) is 61.9 Å². The Kier molecular flexibility index (Phi) is 7.54. The van der Waals surface area contributed by atoms with Gasteiger partial charge < -0.3 is 20.6 Å². The number of carbonyl (C=O) groups excluding carboxylic acids is 2. The van der Waals surface area contributed by atoms with Gasteiger partial charge in [-0.3, -0.25) is 14.9 Å². The van der Waals surface area contributed by atoms with Gasteiger partial charge in [-0.2, -0.15) is 0 Å². The van der Waals surface area contributed by atoms with E-state index in [4.69, 9.17) is 11.6 Å². The van der Waals surface area contributed by atoms with Gasteiger partial charge >= 0.3 is 5.97 Å². The molecule has 11 heteroatoms. The molecule has 3 aromatic rings. The van der Waals surface area contributed by atoms with Crippen molar-refractivity contribution in [3.8, 4) is 0 Å². The standard InChI is InChI=1S/C24H23ClN6O4/c25-17-5-7-20(27-13-17)30-23(33)18-6-3-15(24(34)35)11-19(18)29-22(32)16-4-8-21(28-12-16)31-10-2-1-9-26-14-31/h3-8,11-13,26H,1-2,9-10,14H2,(H,29,32)(H,34,35)(H,27,30,33). The van der Waals surface area contributed by atoms with Crippen LogP contribution in [0.1, 0.15) is 43.9 Å². The second-order valence-electron chi connectivity index (χ2n) is 7.87. The number of aromatic nitrogens is 2. The lowest BCUT2D eigenvalue weighted by Gasteiger charge is -2.21. The molecule has 0 saturated carbocycles. The van der Waals surface area contributed by atoms with Gasteiger partial charge in [0.2, 0.25) is 0 Å². The second kappa shape index (κ2) is 10.9. The zero-order valence-electron chi connectivity index (χ0n) is 18.6. The number of hydrogen-bond donors (Lipinski definition) is 4. The summed E-state index contributed by atoms with van der Waals surface area (Å²) in [4.78, 5) is 47.8. The summed E-state index contributed by atoms with van der Waals surface area (Å²) in [6, 6.07) is 10.3. The number of hydrogen-bond acceptors (Lipinski definition) is 7. The first-order valence-corrected chi connectivity index (χ1v) is 11.3. The van der Waals surface area contributed by atoms with Crippen LogP contribution in [0.3, 0.4) is 0 Å². The summed E-state index contributed by atoms with van der Waals surface area (Å²) in [6.45, 7) is 2.51. The Hall–Kier alpha value is -4.02. The third-order valence-electron chi connectivity index (χ3n) is 5.40. The van der Waals surface area contributed by atoms with Crippen LogP contribution in [-0.2, 0) is 0 Å². The number of pyridine rings is 2. The predicted molar refractivity (Wildman–Crippen MR) is 132 cm³/mol. The second-order valence-corrected chi connectivity index (χ2v) is 8.31. The van der Waals surface area contributed by atoms with E-state index in [-0.39, 0.29) is 28.2 Å². The van der Waals surface area contributed by atoms with Gasteiger partial charge in [0.25, 0.3) is 11.8 Å². The average molecular weight is 495 g/mol. The molecular formula is C24H23ClN6O4. The molecule has 0 radical (unpaired) electrons. The van der Waals surface area contributed by atoms with Crippen molar-refractivity contribution in [2.24, 2.45) is 0 Å². The lowest BCUT2D eigenvalue weighted by atomic mass is 10.1. The maximum Gasteiger partial charge on any atom is 0.335 e. The van der Waals surface area contributed by atoms with Gasteiger partial charge in [0.05, 0.1) is 34.1 Å². The molecule has 180 valence electrons. The molecule has 2 amide bonds. The summed E-state index contributed by atoms with van der Waals surface area (Å²) in [5.41, 5.74) is 0.300. The predicted octanol–water partition coefficient (Wildman–Crippen LogP) is 3.48. The smallest absolute Gasteiger partial charge is 0.335 e. The summed E-state index contributed by atoms with van der Waals surface area (Å²) < 4.78 is 0. The quantitative estimate of drug-likeness (QED) is 0.409. The molecule has 10 nitrogen and oxygen atoms in total. The van der Waals surface area contributed by atoms with Gasteiger partial charge in [0.15, 0.2) is 0 Å². The van der Waals surface area contributed by atoms with Gasteiger partial charge in [-0.1, -0.05) is 11.6 Å². The van der Waals surface area contributed by atoms with Crippen molar-refractivity contribution >= 4 is 46.7 Å². The number of nitrogens with zero attached hydrogens (tertiary/aromatic N) is 3. The Bertz CT molecular complexity index is 1230. The molecule has 4 N–H and O–H groups in total. The third-order valence-corrected chi connectivity index (χ3v) is 5.62. The molecule has 0 unspecified atom stereocenters. The first kappa shape index (κ1) is 24.1. The van der Waals surface area contributed by atoms with Crippen LogP contribution >= 0.6 is 11.6 Å². The maximum absolute atomic E-state index is 12.9. The Morgan fingerprint density at radius 1 is 0.943 bits per heavy atom. The topological polar surface area (TPSA) is 137 Å². The molecule has 0 atom stereocenters. The zero-order chi connectivity index (χ0) is 24.8. The Morgan fingerprint density at radius 3 is 2.49 bits per heavy atom. The monoisotopic (exact) mass is 494 g/mol. The summed E-state index contributed by atoms with van der Waals surface area (Å²) in [5, 5.41) is 18.3. The Labute approximate surface area is 206 Å². The van der Waals surface area contributed by atoms with Gasteiger partial charge in [-0.25, -0.2) is 14.8 Å².